The highest BCUT2D eigenvalue weighted by Crippen LogP contribution is 2.26. The number of ketones is 1. The lowest BCUT2D eigenvalue weighted by Crippen LogP contribution is -2.05. The highest BCUT2D eigenvalue weighted by molar-refractivity contribution is 9.10. The van der Waals surface area contributed by atoms with Crippen molar-refractivity contribution in [2.45, 2.75) is 5.16 Å². The molecule has 3 aromatic carbocycles. The minimum Gasteiger partial charge on any atom is -0.494 e. The van der Waals surface area contributed by atoms with Gasteiger partial charge in [-0.25, -0.2) is 0 Å². The molecular formula is C22H17BrN4O2S. The summed E-state index contributed by atoms with van der Waals surface area (Å²) >= 11 is 4.73. The van der Waals surface area contributed by atoms with Crippen molar-refractivity contribution < 1.29 is 9.53 Å². The van der Waals surface area contributed by atoms with Crippen LogP contribution in [0, 0.1) is 0 Å². The van der Waals surface area contributed by atoms with Crippen LogP contribution in [0.3, 0.4) is 0 Å². The van der Waals surface area contributed by atoms with E-state index in [1.54, 1.807) is 11.8 Å². The molecule has 0 saturated heterocycles. The van der Waals surface area contributed by atoms with E-state index < -0.39 is 0 Å². The third-order valence-corrected chi connectivity index (χ3v) is 5.92. The summed E-state index contributed by atoms with van der Waals surface area (Å²) in [7, 11) is 1.59. The normalized spacial score (nSPS) is 10.7. The Morgan fingerprint density at radius 2 is 1.67 bits per heavy atom. The minimum atomic E-state index is 0.0110. The van der Waals surface area contributed by atoms with Gasteiger partial charge in [-0.2, -0.15) is 4.68 Å². The van der Waals surface area contributed by atoms with Gasteiger partial charge in [0.15, 0.2) is 5.78 Å². The first kappa shape index (κ1) is 20.3. The summed E-state index contributed by atoms with van der Waals surface area (Å²) in [6.07, 6.45) is 0. The fourth-order valence-corrected chi connectivity index (χ4v) is 3.97. The zero-order valence-electron chi connectivity index (χ0n) is 16.0. The minimum absolute atomic E-state index is 0.0110. The van der Waals surface area contributed by atoms with Gasteiger partial charge in [-0.05, 0) is 45.8 Å². The first-order valence-corrected chi connectivity index (χ1v) is 10.9. The van der Waals surface area contributed by atoms with Crippen molar-refractivity contribution in [3.63, 3.8) is 0 Å². The molecule has 6 nitrogen and oxygen atoms in total. The van der Waals surface area contributed by atoms with E-state index in [-0.39, 0.29) is 11.5 Å². The summed E-state index contributed by atoms with van der Waals surface area (Å²) in [5.74, 6) is 0.895. The molecule has 4 aromatic rings. The Morgan fingerprint density at radius 3 is 2.37 bits per heavy atom. The molecule has 0 amide bonds. The number of hydrogen-bond donors (Lipinski definition) is 0. The van der Waals surface area contributed by atoms with Crippen molar-refractivity contribution in [2.24, 2.45) is 0 Å². The number of carbonyl (C=O) groups excluding carboxylic acids is 1. The second kappa shape index (κ2) is 9.23. The third kappa shape index (κ3) is 4.44. The third-order valence-electron chi connectivity index (χ3n) is 4.47. The topological polar surface area (TPSA) is 69.9 Å². The first-order chi connectivity index (χ1) is 14.7. The van der Waals surface area contributed by atoms with E-state index in [9.17, 15) is 4.79 Å². The van der Waals surface area contributed by atoms with Gasteiger partial charge in [-0.15, -0.1) is 5.10 Å². The molecule has 30 heavy (non-hydrogen) atoms. The van der Waals surface area contributed by atoms with Crippen molar-refractivity contribution in [3.05, 3.63) is 82.8 Å². The molecule has 4 rings (SSSR count). The molecule has 0 aliphatic rings. The molecule has 0 spiro atoms. The zero-order chi connectivity index (χ0) is 20.9. The summed E-state index contributed by atoms with van der Waals surface area (Å²) in [5.41, 5.74) is 3.54. The number of ether oxygens (including phenoxy) is 1. The number of methoxy groups -OCH3 is 1. The van der Waals surface area contributed by atoms with Gasteiger partial charge in [0.1, 0.15) is 11.4 Å². The molecule has 0 N–H and O–H groups in total. The van der Waals surface area contributed by atoms with Crippen LogP contribution in [0.5, 0.6) is 5.75 Å². The number of thioether (sulfide) groups is 1. The van der Waals surface area contributed by atoms with Gasteiger partial charge in [0.05, 0.1) is 12.9 Å². The fraction of sp³-hybridized carbons (Fsp3) is 0.0909. The molecule has 8 heteroatoms. The maximum Gasteiger partial charge on any atom is 0.214 e. The number of para-hydroxylation sites is 2. The number of halogens is 1. The van der Waals surface area contributed by atoms with E-state index in [2.05, 4.69) is 31.5 Å². The van der Waals surface area contributed by atoms with Crippen molar-refractivity contribution in [3.8, 4) is 22.6 Å². The van der Waals surface area contributed by atoms with Gasteiger partial charge in [-0.3, -0.25) is 4.79 Å². The zero-order valence-corrected chi connectivity index (χ0v) is 18.4. The molecule has 150 valence electrons. The Balaban J connectivity index is 1.46. The molecule has 0 saturated carbocycles. The van der Waals surface area contributed by atoms with Crippen LogP contribution in [0.25, 0.3) is 16.8 Å². The van der Waals surface area contributed by atoms with Crippen LogP contribution in [0.1, 0.15) is 10.4 Å². The largest absolute Gasteiger partial charge is 0.494 e. The number of benzene rings is 3. The van der Waals surface area contributed by atoms with E-state index in [1.807, 2.05) is 72.8 Å². The Bertz CT molecular complexity index is 1160. The lowest BCUT2D eigenvalue weighted by molar-refractivity contribution is 0.102. The fourth-order valence-electron chi connectivity index (χ4n) is 2.93. The van der Waals surface area contributed by atoms with Crippen LogP contribution in [-0.4, -0.2) is 38.9 Å². The molecule has 0 radical (unpaired) electrons. The predicted molar refractivity (Wildman–Crippen MR) is 120 cm³/mol. The first-order valence-electron chi connectivity index (χ1n) is 9.09. The molecule has 0 fully saturated rings. The van der Waals surface area contributed by atoms with Crippen molar-refractivity contribution >= 4 is 33.5 Å². The molecule has 0 unspecified atom stereocenters. The lowest BCUT2D eigenvalue weighted by Gasteiger charge is -2.09. The molecule has 1 heterocycles. The number of Topliss-reactive ketones (excluding diaryl/α,β-unsaturated/α-hetero) is 1. The number of aromatic nitrogens is 4. The van der Waals surface area contributed by atoms with Crippen LogP contribution in [0.15, 0.2) is 82.4 Å². The van der Waals surface area contributed by atoms with Crippen LogP contribution in [-0.2, 0) is 0 Å². The van der Waals surface area contributed by atoms with E-state index in [4.69, 9.17) is 4.74 Å². The summed E-state index contributed by atoms with van der Waals surface area (Å²) in [6, 6.07) is 23.1. The summed E-state index contributed by atoms with van der Waals surface area (Å²) < 4.78 is 7.99. The van der Waals surface area contributed by atoms with Crippen LogP contribution in [0.2, 0.25) is 0 Å². The van der Waals surface area contributed by atoms with Gasteiger partial charge < -0.3 is 4.74 Å². The summed E-state index contributed by atoms with van der Waals surface area (Å²) in [5, 5.41) is 12.4. The Hall–Kier alpha value is -2.97. The Kier molecular flexibility index (Phi) is 6.25. The summed E-state index contributed by atoms with van der Waals surface area (Å²) in [4.78, 5) is 12.7. The highest BCUT2D eigenvalue weighted by atomic mass is 79.9. The number of hydrogen-bond acceptors (Lipinski definition) is 6. The Labute approximate surface area is 186 Å². The van der Waals surface area contributed by atoms with Gasteiger partial charge >= 0.3 is 0 Å². The van der Waals surface area contributed by atoms with Gasteiger partial charge in [-0.1, -0.05) is 76.2 Å². The number of rotatable bonds is 7. The number of tetrazole rings is 1. The molecule has 0 aliphatic carbocycles. The number of carbonyl (C=O) groups is 1. The van der Waals surface area contributed by atoms with E-state index in [0.29, 0.717) is 16.5 Å². The van der Waals surface area contributed by atoms with Crippen molar-refractivity contribution in [1.82, 2.24) is 20.2 Å². The van der Waals surface area contributed by atoms with E-state index in [0.717, 1.165) is 21.3 Å². The maximum absolute atomic E-state index is 12.7. The van der Waals surface area contributed by atoms with Gasteiger partial charge in [0.2, 0.25) is 5.16 Å². The second-order valence-corrected chi connectivity index (χ2v) is 8.20. The van der Waals surface area contributed by atoms with Gasteiger partial charge in [0, 0.05) is 10.0 Å². The standard InChI is InChI=1S/C22H17BrN4O2S/c1-29-21-5-3-2-4-19(21)27-22(24-25-26-27)30-14-20(28)17-8-6-15(7-9-17)16-10-12-18(23)13-11-16/h2-13H,14H2,1H3. The van der Waals surface area contributed by atoms with E-state index in [1.165, 1.54) is 11.8 Å². The monoisotopic (exact) mass is 480 g/mol. The molecule has 0 bridgehead atoms. The highest BCUT2D eigenvalue weighted by Gasteiger charge is 2.15. The van der Waals surface area contributed by atoms with Gasteiger partial charge in [0.25, 0.3) is 0 Å². The Morgan fingerprint density at radius 1 is 1.00 bits per heavy atom. The van der Waals surface area contributed by atoms with Crippen molar-refractivity contribution in [1.29, 1.82) is 0 Å². The molecule has 0 aliphatic heterocycles. The van der Waals surface area contributed by atoms with Crippen LogP contribution in [0.4, 0.5) is 0 Å². The van der Waals surface area contributed by atoms with E-state index >= 15 is 0 Å². The predicted octanol–water partition coefficient (Wildman–Crippen LogP) is 5.08. The molecular weight excluding hydrogens is 464 g/mol. The summed E-state index contributed by atoms with van der Waals surface area (Å²) in [6.45, 7) is 0. The maximum atomic E-state index is 12.7. The molecule has 0 atom stereocenters. The smallest absolute Gasteiger partial charge is 0.214 e. The second-order valence-electron chi connectivity index (χ2n) is 6.34. The number of nitrogens with zero attached hydrogens (tertiary/aromatic N) is 4. The lowest BCUT2D eigenvalue weighted by atomic mass is 10.0. The average molecular weight is 481 g/mol. The van der Waals surface area contributed by atoms with Crippen LogP contribution < -0.4 is 4.74 Å². The van der Waals surface area contributed by atoms with Crippen LogP contribution >= 0.6 is 27.7 Å². The average Bonchev–Trinajstić information content (AvgIpc) is 3.26. The molecule has 1 aromatic heterocycles. The quantitative estimate of drug-likeness (QED) is 0.271. The SMILES string of the molecule is COc1ccccc1-n1nnnc1SCC(=O)c1ccc(-c2ccc(Br)cc2)cc1. The van der Waals surface area contributed by atoms with Crippen molar-refractivity contribution in [2.75, 3.05) is 12.9 Å².